The number of hydrogen-bond acceptors (Lipinski definition) is 8. The van der Waals surface area contributed by atoms with Crippen molar-refractivity contribution in [3.63, 3.8) is 0 Å². The van der Waals surface area contributed by atoms with Crippen LogP contribution in [0.5, 0.6) is 5.88 Å². The Kier molecular flexibility index (Phi) is 7.55. The largest absolute Gasteiger partial charge is 0.478 e. The lowest BCUT2D eigenvalue weighted by atomic mass is 9.93. The molecule has 9 nitrogen and oxygen atoms in total. The third kappa shape index (κ3) is 5.56. The predicted octanol–water partition coefficient (Wildman–Crippen LogP) is 4.19. The maximum atomic E-state index is 11.5. The molecule has 1 N–H and O–H groups in total. The minimum Gasteiger partial charge on any atom is -0.478 e. The SMILES string of the molecule is COCCn1c(CN2CCC(c3cccc(OCc4cscn4)n3)CC2)nc2ccc(C(=O)O)cc21. The lowest BCUT2D eigenvalue weighted by molar-refractivity contribution is 0.0697. The van der Waals surface area contributed by atoms with Crippen molar-refractivity contribution < 1.29 is 19.4 Å². The van der Waals surface area contributed by atoms with Gasteiger partial charge in [0.15, 0.2) is 0 Å². The van der Waals surface area contributed by atoms with Crippen molar-refractivity contribution in [2.24, 2.45) is 0 Å². The van der Waals surface area contributed by atoms with E-state index in [0.29, 0.717) is 38.1 Å². The lowest BCUT2D eigenvalue weighted by Gasteiger charge is -2.31. The Morgan fingerprint density at radius 3 is 2.81 bits per heavy atom. The van der Waals surface area contributed by atoms with Gasteiger partial charge in [0.25, 0.3) is 0 Å². The van der Waals surface area contributed by atoms with Crippen LogP contribution in [-0.2, 0) is 24.4 Å². The number of pyridine rings is 1. The number of piperidine rings is 1. The number of ether oxygens (including phenoxy) is 2. The van der Waals surface area contributed by atoms with Gasteiger partial charge < -0.3 is 19.1 Å². The number of hydrogen-bond donors (Lipinski definition) is 1. The molecule has 0 spiro atoms. The molecule has 10 heteroatoms. The maximum Gasteiger partial charge on any atom is 0.335 e. The second-order valence-corrected chi connectivity index (χ2v) is 9.62. The topological polar surface area (TPSA) is 103 Å². The summed E-state index contributed by atoms with van der Waals surface area (Å²) in [7, 11) is 1.67. The van der Waals surface area contributed by atoms with Gasteiger partial charge in [-0.05, 0) is 50.2 Å². The van der Waals surface area contributed by atoms with E-state index in [1.165, 1.54) is 0 Å². The summed E-state index contributed by atoms with van der Waals surface area (Å²) >= 11 is 1.56. The van der Waals surface area contributed by atoms with Crippen molar-refractivity contribution in [1.82, 2.24) is 24.4 Å². The third-order valence-corrected chi connectivity index (χ3v) is 7.20. The van der Waals surface area contributed by atoms with Crippen LogP contribution >= 0.6 is 11.3 Å². The molecule has 0 unspecified atom stereocenters. The Morgan fingerprint density at radius 2 is 2.06 bits per heavy atom. The Balaban J connectivity index is 1.24. The molecule has 0 atom stereocenters. The first kappa shape index (κ1) is 24.4. The summed E-state index contributed by atoms with van der Waals surface area (Å²) < 4.78 is 13.2. The number of imidazole rings is 1. The highest BCUT2D eigenvalue weighted by Crippen LogP contribution is 2.29. The normalized spacial score (nSPS) is 14.9. The van der Waals surface area contributed by atoms with E-state index in [9.17, 15) is 9.90 Å². The first-order chi connectivity index (χ1) is 17.6. The zero-order valence-corrected chi connectivity index (χ0v) is 21.0. The molecule has 1 fully saturated rings. The number of carbonyl (C=O) groups is 1. The number of aromatic carboxylic acids is 1. The van der Waals surface area contributed by atoms with Gasteiger partial charge in [-0.3, -0.25) is 4.90 Å². The molecule has 0 saturated carbocycles. The fourth-order valence-electron chi connectivity index (χ4n) is 4.64. The molecule has 0 aliphatic carbocycles. The first-order valence-electron chi connectivity index (χ1n) is 12.0. The van der Waals surface area contributed by atoms with Gasteiger partial charge in [-0.15, -0.1) is 11.3 Å². The summed E-state index contributed by atoms with van der Waals surface area (Å²) in [4.78, 5) is 27.7. The highest BCUT2D eigenvalue weighted by Gasteiger charge is 2.24. The lowest BCUT2D eigenvalue weighted by Crippen LogP contribution is -2.33. The number of nitrogens with zero attached hydrogens (tertiary/aromatic N) is 5. The summed E-state index contributed by atoms with van der Waals surface area (Å²) in [6.07, 6.45) is 2.01. The van der Waals surface area contributed by atoms with E-state index in [1.54, 1.807) is 42.2 Å². The Hall–Kier alpha value is -3.34. The van der Waals surface area contributed by atoms with E-state index in [-0.39, 0.29) is 5.56 Å². The average molecular weight is 508 g/mol. The quantitative estimate of drug-likeness (QED) is 0.341. The van der Waals surface area contributed by atoms with Crippen molar-refractivity contribution in [3.05, 3.63) is 70.1 Å². The fourth-order valence-corrected chi connectivity index (χ4v) is 5.18. The van der Waals surface area contributed by atoms with Gasteiger partial charge in [0.05, 0.1) is 41.0 Å². The number of aromatic nitrogens is 4. The van der Waals surface area contributed by atoms with Crippen molar-refractivity contribution in [3.8, 4) is 5.88 Å². The van der Waals surface area contributed by atoms with Crippen molar-refractivity contribution in [2.75, 3.05) is 26.8 Å². The van der Waals surface area contributed by atoms with E-state index in [0.717, 1.165) is 54.2 Å². The van der Waals surface area contributed by atoms with Crippen LogP contribution in [0, 0.1) is 0 Å². The molecule has 1 aliphatic heterocycles. The van der Waals surface area contributed by atoms with Crippen molar-refractivity contribution >= 4 is 28.3 Å². The van der Waals surface area contributed by atoms with Crippen molar-refractivity contribution in [1.29, 1.82) is 0 Å². The Labute approximate surface area is 213 Å². The Morgan fingerprint density at radius 1 is 1.19 bits per heavy atom. The van der Waals surface area contributed by atoms with E-state index in [2.05, 4.69) is 20.5 Å². The predicted molar refractivity (Wildman–Crippen MR) is 137 cm³/mol. The minimum atomic E-state index is -0.939. The van der Waals surface area contributed by atoms with Gasteiger partial charge in [0.1, 0.15) is 12.4 Å². The standard InChI is InChI=1S/C26H29N5O4S/c1-34-12-11-31-23-13-19(26(32)33)5-6-22(23)28-24(31)14-30-9-7-18(8-10-30)21-3-2-4-25(29-21)35-15-20-16-36-17-27-20/h2-6,13,16-18H,7-12,14-15H2,1H3,(H,32,33). The molecule has 188 valence electrons. The molecule has 0 amide bonds. The van der Waals surface area contributed by atoms with Gasteiger partial charge in [-0.2, -0.15) is 0 Å². The van der Waals surface area contributed by atoms with E-state index in [4.69, 9.17) is 19.4 Å². The van der Waals surface area contributed by atoms with Crippen LogP contribution in [0.15, 0.2) is 47.3 Å². The van der Waals surface area contributed by atoms with Gasteiger partial charge in [0.2, 0.25) is 5.88 Å². The monoisotopic (exact) mass is 507 g/mol. The van der Waals surface area contributed by atoms with Gasteiger partial charge in [-0.25, -0.2) is 19.7 Å². The van der Waals surface area contributed by atoms with Gasteiger partial charge in [-0.1, -0.05) is 6.07 Å². The van der Waals surface area contributed by atoms with Crippen LogP contribution < -0.4 is 4.74 Å². The van der Waals surface area contributed by atoms with Crippen LogP contribution in [0.3, 0.4) is 0 Å². The molecule has 0 bridgehead atoms. The average Bonchev–Trinajstić information content (AvgIpc) is 3.54. The number of benzene rings is 1. The van der Waals surface area contributed by atoms with E-state index >= 15 is 0 Å². The molecular formula is C26H29N5O4S. The van der Waals surface area contributed by atoms with E-state index < -0.39 is 5.97 Å². The third-order valence-electron chi connectivity index (χ3n) is 6.56. The molecule has 3 aromatic heterocycles. The zero-order chi connectivity index (χ0) is 24.9. The van der Waals surface area contributed by atoms with Gasteiger partial charge >= 0.3 is 5.97 Å². The molecule has 5 rings (SSSR count). The number of carboxylic acids is 1. The van der Waals surface area contributed by atoms with Crippen LogP contribution in [0.25, 0.3) is 11.0 Å². The van der Waals surface area contributed by atoms with E-state index in [1.807, 2.05) is 17.5 Å². The highest BCUT2D eigenvalue weighted by atomic mass is 32.1. The van der Waals surface area contributed by atoms with Crippen LogP contribution in [0.2, 0.25) is 0 Å². The smallest absolute Gasteiger partial charge is 0.335 e. The fraction of sp³-hybridized carbons (Fsp3) is 0.385. The van der Waals surface area contributed by atoms with Crippen LogP contribution in [0.4, 0.5) is 0 Å². The first-order valence-corrected chi connectivity index (χ1v) is 13.0. The molecule has 4 aromatic rings. The molecule has 1 aliphatic rings. The number of thiazole rings is 1. The molecule has 4 heterocycles. The second-order valence-electron chi connectivity index (χ2n) is 8.90. The minimum absolute atomic E-state index is 0.263. The highest BCUT2D eigenvalue weighted by molar-refractivity contribution is 7.07. The maximum absolute atomic E-state index is 11.5. The number of rotatable bonds is 10. The number of fused-ring (bicyclic) bond motifs is 1. The summed E-state index contributed by atoms with van der Waals surface area (Å²) in [6.45, 7) is 4.16. The summed E-state index contributed by atoms with van der Waals surface area (Å²) in [5.41, 5.74) is 5.68. The number of likely N-dealkylation sites (tertiary alicyclic amines) is 1. The Bertz CT molecular complexity index is 1320. The van der Waals surface area contributed by atoms with Crippen LogP contribution in [-0.4, -0.2) is 62.3 Å². The van der Waals surface area contributed by atoms with Crippen molar-refractivity contribution in [2.45, 2.75) is 38.5 Å². The number of methoxy groups -OCH3 is 1. The molecule has 0 radical (unpaired) electrons. The summed E-state index contributed by atoms with van der Waals surface area (Å²) in [6, 6.07) is 11.1. The number of carboxylic acid groups (broad SMARTS) is 1. The summed E-state index contributed by atoms with van der Waals surface area (Å²) in [5.74, 6) is 1.01. The van der Waals surface area contributed by atoms with Gasteiger partial charge in [0, 0.05) is 36.7 Å². The zero-order valence-electron chi connectivity index (χ0n) is 20.2. The molecule has 36 heavy (non-hydrogen) atoms. The molecular weight excluding hydrogens is 478 g/mol. The van der Waals surface area contributed by atoms with Crippen LogP contribution in [0.1, 0.15) is 46.3 Å². The summed E-state index contributed by atoms with van der Waals surface area (Å²) in [5, 5.41) is 11.4. The molecule has 1 saturated heterocycles. The second kappa shape index (κ2) is 11.2. The molecule has 1 aromatic carbocycles.